The maximum absolute atomic E-state index is 13.6. The molecule has 1 aromatic carbocycles. The number of carbonyl (C=O) groups is 1. The van der Waals surface area contributed by atoms with Crippen molar-refractivity contribution in [3.63, 3.8) is 0 Å². The average molecular weight is 515 g/mol. The van der Waals surface area contributed by atoms with Crippen LogP contribution in [0.4, 0.5) is 29.3 Å². The second kappa shape index (κ2) is 10.7. The number of benzene rings is 1. The minimum atomic E-state index is -4.71. The zero-order chi connectivity index (χ0) is 27.4. The van der Waals surface area contributed by atoms with Crippen molar-refractivity contribution in [3.05, 3.63) is 53.5 Å². The van der Waals surface area contributed by atoms with E-state index in [0.717, 1.165) is 6.07 Å². The lowest BCUT2D eigenvalue weighted by atomic mass is 9.83. The van der Waals surface area contributed by atoms with E-state index in [2.05, 4.69) is 25.6 Å². The summed E-state index contributed by atoms with van der Waals surface area (Å²) in [6, 6.07) is 6.05. The molecule has 2 amide bonds. The van der Waals surface area contributed by atoms with Gasteiger partial charge < -0.3 is 20.1 Å². The Kier molecular flexibility index (Phi) is 7.86. The largest absolute Gasteiger partial charge is 0.488 e. The number of carbonyl (C=O) groups excluding carboxylic acids is 1. The Morgan fingerprint density at radius 2 is 1.84 bits per heavy atom. The number of rotatable bonds is 7. The summed E-state index contributed by atoms with van der Waals surface area (Å²) in [6.45, 7) is 6.65. The van der Waals surface area contributed by atoms with Gasteiger partial charge in [0.05, 0.1) is 48.3 Å². The van der Waals surface area contributed by atoms with Crippen LogP contribution < -0.4 is 20.1 Å². The highest BCUT2D eigenvalue weighted by Gasteiger charge is 2.38. The van der Waals surface area contributed by atoms with Crippen molar-refractivity contribution < 1.29 is 27.4 Å². The first-order chi connectivity index (χ1) is 17.4. The SMILES string of the molecule is CCOc1cc(-c2ncc(NC(=O)Nc3ccc(C(C)(C)C#N)c(C(F)(F)F)c3)c(C)n2)cnc1OC. The van der Waals surface area contributed by atoms with E-state index in [9.17, 15) is 23.2 Å². The van der Waals surface area contributed by atoms with Gasteiger partial charge in [-0.1, -0.05) is 6.07 Å². The molecule has 2 heterocycles. The van der Waals surface area contributed by atoms with Crippen LogP contribution in [0.15, 0.2) is 36.7 Å². The van der Waals surface area contributed by atoms with E-state index in [0.29, 0.717) is 35.3 Å². The van der Waals surface area contributed by atoms with Gasteiger partial charge in [0.1, 0.15) is 0 Å². The van der Waals surface area contributed by atoms with Crippen LogP contribution in [0.25, 0.3) is 11.4 Å². The maximum atomic E-state index is 13.6. The van der Waals surface area contributed by atoms with Gasteiger partial charge in [-0.25, -0.2) is 19.7 Å². The quantitative estimate of drug-likeness (QED) is 0.414. The Morgan fingerprint density at radius 1 is 1.11 bits per heavy atom. The summed E-state index contributed by atoms with van der Waals surface area (Å²) in [5.74, 6) is 1.06. The van der Waals surface area contributed by atoms with Gasteiger partial charge in [0.25, 0.3) is 5.88 Å². The lowest BCUT2D eigenvalue weighted by Gasteiger charge is -2.22. The average Bonchev–Trinajstić information content (AvgIpc) is 2.84. The van der Waals surface area contributed by atoms with Gasteiger partial charge in [0, 0.05) is 17.4 Å². The molecule has 0 saturated carbocycles. The van der Waals surface area contributed by atoms with Crippen molar-refractivity contribution >= 4 is 17.4 Å². The standard InChI is InChI=1S/C25H25F3N6O3/c1-6-37-20-9-15(11-31-22(20)36-5)21-30-12-19(14(2)32-21)34-23(35)33-16-7-8-17(24(3,4)13-29)18(10-16)25(26,27)28/h7-12H,6H2,1-5H3,(H2,33,34,35). The number of hydrogen-bond donors (Lipinski definition) is 2. The molecule has 0 saturated heterocycles. The van der Waals surface area contributed by atoms with E-state index in [1.54, 1.807) is 13.0 Å². The molecule has 0 bridgehead atoms. The smallest absolute Gasteiger partial charge is 0.416 e. The van der Waals surface area contributed by atoms with Crippen LogP contribution in [0.2, 0.25) is 0 Å². The number of aryl methyl sites for hydroxylation is 1. The van der Waals surface area contributed by atoms with E-state index in [-0.39, 0.29) is 16.9 Å². The Hall–Kier alpha value is -4.40. The molecule has 0 unspecified atom stereocenters. The molecule has 194 valence electrons. The third-order valence-corrected chi connectivity index (χ3v) is 5.33. The summed E-state index contributed by atoms with van der Waals surface area (Å²) in [6.07, 6.45) is -1.82. The Morgan fingerprint density at radius 3 is 2.43 bits per heavy atom. The van der Waals surface area contributed by atoms with Gasteiger partial charge >= 0.3 is 12.2 Å². The number of urea groups is 1. The number of halogens is 3. The third-order valence-electron chi connectivity index (χ3n) is 5.33. The first-order valence-electron chi connectivity index (χ1n) is 11.1. The molecule has 0 aliphatic heterocycles. The van der Waals surface area contributed by atoms with Crippen molar-refractivity contribution in [2.45, 2.75) is 39.3 Å². The fourth-order valence-electron chi connectivity index (χ4n) is 3.44. The summed E-state index contributed by atoms with van der Waals surface area (Å²) < 4.78 is 51.6. The van der Waals surface area contributed by atoms with Crippen molar-refractivity contribution in [3.8, 4) is 29.1 Å². The molecule has 2 aromatic heterocycles. The van der Waals surface area contributed by atoms with Gasteiger partial charge in [0.15, 0.2) is 11.6 Å². The number of amides is 2. The summed E-state index contributed by atoms with van der Waals surface area (Å²) in [4.78, 5) is 25.3. The number of nitrogens with zero attached hydrogens (tertiary/aromatic N) is 4. The van der Waals surface area contributed by atoms with Crippen LogP contribution in [-0.4, -0.2) is 34.7 Å². The number of aromatic nitrogens is 3. The van der Waals surface area contributed by atoms with E-state index in [1.807, 2.05) is 13.0 Å². The molecule has 0 fully saturated rings. The molecule has 2 N–H and O–H groups in total. The molecule has 0 atom stereocenters. The van der Waals surface area contributed by atoms with Gasteiger partial charge in [0.2, 0.25) is 0 Å². The molecule has 0 aliphatic rings. The normalized spacial score (nSPS) is 11.4. The Bertz CT molecular complexity index is 1350. The molecule has 3 aromatic rings. The monoisotopic (exact) mass is 514 g/mol. The number of nitrogens with one attached hydrogen (secondary N) is 2. The fourth-order valence-corrected chi connectivity index (χ4v) is 3.44. The molecular formula is C25H25F3N6O3. The molecule has 12 heteroatoms. The molecule has 37 heavy (non-hydrogen) atoms. The number of pyridine rings is 1. The van der Waals surface area contributed by atoms with Gasteiger partial charge in [-0.15, -0.1) is 0 Å². The predicted octanol–water partition coefficient (Wildman–Crippen LogP) is 5.72. The summed E-state index contributed by atoms with van der Waals surface area (Å²) in [5.41, 5.74) is -1.42. The van der Waals surface area contributed by atoms with Crippen LogP contribution in [0.3, 0.4) is 0 Å². The van der Waals surface area contributed by atoms with Crippen molar-refractivity contribution in [2.24, 2.45) is 0 Å². The van der Waals surface area contributed by atoms with Crippen LogP contribution in [0.1, 0.15) is 37.6 Å². The molecule has 3 rings (SSSR count). The first kappa shape index (κ1) is 27.2. The fraction of sp³-hybridized carbons (Fsp3) is 0.320. The number of anilines is 2. The van der Waals surface area contributed by atoms with Gasteiger partial charge in [-0.3, -0.25) is 0 Å². The summed E-state index contributed by atoms with van der Waals surface area (Å²) in [5, 5.41) is 14.2. The summed E-state index contributed by atoms with van der Waals surface area (Å²) in [7, 11) is 1.47. The van der Waals surface area contributed by atoms with Crippen LogP contribution in [0, 0.1) is 18.3 Å². The minimum Gasteiger partial charge on any atom is -0.488 e. The van der Waals surface area contributed by atoms with Gasteiger partial charge in [-0.2, -0.15) is 18.4 Å². The van der Waals surface area contributed by atoms with Crippen LogP contribution in [-0.2, 0) is 11.6 Å². The number of hydrogen-bond acceptors (Lipinski definition) is 7. The third kappa shape index (κ3) is 6.24. The van der Waals surface area contributed by atoms with Crippen molar-refractivity contribution in [2.75, 3.05) is 24.4 Å². The summed E-state index contributed by atoms with van der Waals surface area (Å²) >= 11 is 0. The highest BCUT2D eigenvalue weighted by Crippen LogP contribution is 2.39. The molecule has 0 radical (unpaired) electrons. The Labute approximate surface area is 211 Å². The second-order valence-electron chi connectivity index (χ2n) is 8.43. The number of methoxy groups -OCH3 is 1. The second-order valence-corrected chi connectivity index (χ2v) is 8.43. The predicted molar refractivity (Wildman–Crippen MR) is 130 cm³/mol. The number of nitriles is 1. The van der Waals surface area contributed by atoms with Crippen LogP contribution >= 0.6 is 0 Å². The maximum Gasteiger partial charge on any atom is 0.416 e. The lowest BCUT2D eigenvalue weighted by Crippen LogP contribution is -2.23. The first-order valence-corrected chi connectivity index (χ1v) is 11.1. The molecule has 9 nitrogen and oxygen atoms in total. The molecule has 0 aliphatic carbocycles. The minimum absolute atomic E-state index is 0.0923. The number of ether oxygens (including phenoxy) is 2. The highest BCUT2D eigenvalue weighted by molar-refractivity contribution is 6.00. The molecule has 0 spiro atoms. The van der Waals surface area contributed by atoms with E-state index in [4.69, 9.17) is 9.47 Å². The van der Waals surface area contributed by atoms with E-state index < -0.39 is 23.2 Å². The zero-order valence-corrected chi connectivity index (χ0v) is 20.8. The van der Waals surface area contributed by atoms with E-state index >= 15 is 0 Å². The van der Waals surface area contributed by atoms with Crippen molar-refractivity contribution in [1.82, 2.24) is 15.0 Å². The zero-order valence-electron chi connectivity index (χ0n) is 20.8. The van der Waals surface area contributed by atoms with Crippen LogP contribution in [0.5, 0.6) is 11.6 Å². The van der Waals surface area contributed by atoms with E-state index in [1.165, 1.54) is 45.5 Å². The lowest BCUT2D eigenvalue weighted by molar-refractivity contribution is -0.138. The van der Waals surface area contributed by atoms with Crippen molar-refractivity contribution in [1.29, 1.82) is 5.26 Å². The Balaban J connectivity index is 1.80. The molecular weight excluding hydrogens is 489 g/mol. The highest BCUT2D eigenvalue weighted by atomic mass is 19.4. The topological polar surface area (TPSA) is 122 Å². The van der Waals surface area contributed by atoms with Gasteiger partial charge in [-0.05, 0) is 51.5 Å². The number of alkyl halides is 3.